The van der Waals surface area contributed by atoms with Crippen molar-refractivity contribution >= 4 is 5.52 Å². The van der Waals surface area contributed by atoms with Gasteiger partial charge in [-0.15, -0.1) is 0 Å². The second kappa shape index (κ2) is 9.13. The minimum absolute atomic E-state index is 0.0138. The third-order valence-electron chi connectivity index (χ3n) is 9.06. The highest BCUT2D eigenvalue weighted by Gasteiger charge is 2.49. The summed E-state index contributed by atoms with van der Waals surface area (Å²) in [6.07, 6.45) is 4.08. The molecular formula is C25H35F3N6O2. The summed E-state index contributed by atoms with van der Waals surface area (Å²) in [6.45, 7) is 3.58. The number of aromatic nitrogens is 2. The number of hydrogen-bond acceptors (Lipinski definition) is 6. The Labute approximate surface area is 208 Å². The number of fused-ring (bicyclic) bond motifs is 1. The lowest BCUT2D eigenvalue weighted by Crippen LogP contribution is -2.54. The molecule has 5 heterocycles. The molecule has 0 spiro atoms. The summed E-state index contributed by atoms with van der Waals surface area (Å²) in [7, 11) is 2.08. The van der Waals surface area contributed by atoms with E-state index in [1.165, 1.54) is 16.7 Å². The lowest BCUT2D eigenvalue weighted by atomic mass is 9.64. The molecule has 2 aromatic rings. The second-order valence-electron chi connectivity index (χ2n) is 11.3. The van der Waals surface area contributed by atoms with Crippen LogP contribution in [-0.2, 0) is 10.9 Å². The van der Waals surface area contributed by atoms with E-state index in [1.54, 1.807) is 10.8 Å². The Morgan fingerprint density at radius 3 is 2.67 bits per heavy atom. The SMILES string of the molecule is CN1CNNC1CC1(C2CCCC(n3cc4c(C(F)(F)F)cc(C5CCNC5)cn4c3=O)C2)COC1. The van der Waals surface area contributed by atoms with Crippen molar-refractivity contribution in [3.8, 4) is 0 Å². The van der Waals surface area contributed by atoms with Gasteiger partial charge in [0.2, 0.25) is 0 Å². The molecule has 198 valence electrons. The number of hydrogen-bond donors (Lipinski definition) is 3. The van der Waals surface area contributed by atoms with Crippen LogP contribution in [0.15, 0.2) is 23.3 Å². The largest absolute Gasteiger partial charge is 0.418 e. The number of pyridine rings is 1. The zero-order valence-corrected chi connectivity index (χ0v) is 20.6. The normalized spacial score (nSPS) is 31.2. The van der Waals surface area contributed by atoms with Gasteiger partial charge in [-0.1, -0.05) is 6.42 Å². The Kier molecular flexibility index (Phi) is 6.19. The lowest BCUT2D eigenvalue weighted by molar-refractivity contribution is -0.167. The van der Waals surface area contributed by atoms with Crippen LogP contribution in [0.2, 0.25) is 0 Å². The first-order chi connectivity index (χ1) is 17.2. The van der Waals surface area contributed by atoms with Crippen molar-refractivity contribution in [1.29, 1.82) is 0 Å². The van der Waals surface area contributed by atoms with Crippen LogP contribution < -0.4 is 21.9 Å². The summed E-state index contributed by atoms with van der Waals surface area (Å²) in [5.74, 6) is 0.345. The fourth-order valence-electron chi connectivity index (χ4n) is 6.84. The van der Waals surface area contributed by atoms with Crippen LogP contribution in [0.4, 0.5) is 13.2 Å². The van der Waals surface area contributed by atoms with Crippen molar-refractivity contribution in [3.63, 3.8) is 0 Å². The minimum Gasteiger partial charge on any atom is -0.380 e. The molecule has 8 nitrogen and oxygen atoms in total. The van der Waals surface area contributed by atoms with E-state index in [-0.39, 0.29) is 34.7 Å². The van der Waals surface area contributed by atoms with Crippen molar-refractivity contribution in [1.82, 2.24) is 30.0 Å². The molecule has 0 radical (unpaired) electrons. The third-order valence-corrected chi connectivity index (χ3v) is 9.06. The summed E-state index contributed by atoms with van der Waals surface area (Å²) < 4.78 is 50.8. The van der Waals surface area contributed by atoms with E-state index in [0.717, 1.165) is 51.7 Å². The van der Waals surface area contributed by atoms with Gasteiger partial charge in [0.1, 0.15) is 0 Å². The van der Waals surface area contributed by atoms with Gasteiger partial charge in [-0.2, -0.15) is 13.2 Å². The molecule has 0 amide bonds. The Balaban J connectivity index is 1.32. The average Bonchev–Trinajstić information content (AvgIpc) is 3.57. The summed E-state index contributed by atoms with van der Waals surface area (Å²) >= 11 is 0. The van der Waals surface area contributed by atoms with Crippen LogP contribution in [0.25, 0.3) is 5.52 Å². The molecule has 1 aliphatic carbocycles. The van der Waals surface area contributed by atoms with Crippen molar-refractivity contribution < 1.29 is 17.9 Å². The zero-order chi connectivity index (χ0) is 25.1. The van der Waals surface area contributed by atoms with Gasteiger partial charge in [0.15, 0.2) is 0 Å². The average molecular weight is 509 g/mol. The minimum atomic E-state index is -4.53. The third kappa shape index (κ3) is 4.18. The highest BCUT2D eigenvalue weighted by Crippen LogP contribution is 2.49. The molecule has 2 aromatic heterocycles. The standard InChI is InChI=1S/C25H35F3N6O2/c1-32-15-30-31-22(32)9-24(13-36-14-24)18-3-2-4-19(8-18)33-12-21-20(25(26,27)28)7-17(11-34(21)23(33)35)16-5-6-29-10-16/h7,11-12,16,18-19,22,29-31H,2-6,8-10,13-15H2,1H3. The molecule has 3 saturated heterocycles. The van der Waals surface area contributed by atoms with Gasteiger partial charge < -0.3 is 10.1 Å². The van der Waals surface area contributed by atoms with Gasteiger partial charge in [0, 0.05) is 30.4 Å². The number of ether oxygens (including phenoxy) is 1. The molecule has 3 N–H and O–H groups in total. The Morgan fingerprint density at radius 1 is 1.19 bits per heavy atom. The summed E-state index contributed by atoms with van der Waals surface area (Å²) in [4.78, 5) is 15.8. The number of alkyl halides is 3. The first-order valence-electron chi connectivity index (χ1n) is 13.1. The number of hydrazine groups is 1. The maximum Gasteiger partial charge on any atom is 0.418 e. The monoisotopic (exact) mass is 508 g/mol. The van der Waals surface area contributed by atoms with Crippen molar-refractivity contribution in [3.05, 3.63) is 40.1 Å². The molecule has 1 saturated carbocycles. The molecule has 4 unspecified atom stereocenters. The van der Waals surface area contributed by atoms with E-state index < -0.39 is 11.7 Å². The number of halogens is 3. The molecule has 4 aliphatic rings. The van der Waals surface area contributed by atoms with Gasteiger partial charge in [-0.3, -0.25) is 13.9 Å². The van der Waals surface area contributed by atoms with Crippen molar-refractivity contribution in [2.75, 3.05) is 40.0 Å². The number of nitrogens with one attached hydrogen (secondary N) is 3. The molecule has 11 heteroatoms. The van der Waals surface area contributed by atoms with E-state index >= 15 is 0 Å². The van der Waals surface area contributed by atoms with Crippen LogP contribution in [0.3, 0.4) is 0 Å². The van der Waals surface area contributed by atoms with Crippen LogP contribution >= 0.6 is 0 Å². The van der Waals surface area contributed by atoms with E-state index in [1.807, 2.05) is 0 Å². The maximum absolute atomic E-state index is 14.1. The van der Waals surface area contributed by atoms with E-state index in [0.29, 0.717) is 31.2 Å². The summed E-state index contributed by atoms with van der Waals surface area (Å²) in [5, 5.41) is 3.21. The fourth-order valence-corrected chi connectivity index (χ4v) is 6.84. The van der Waals surface area contributed by atoms with Crippen LogP contribution in [-0.4, -0.2) is 60.1 Å². The predicted molar refractivity (Wildman–Crippen MR) is 128 cm³/mol. The van der Waals surface area contributed by atoms with Gasteiger partial charge in [-0.25, -0.2) is 15.6 Å². The molecule has 3 aliphatic heterocycles. The molecule has 6 rings (SSSR count). The highest BCUT2D eigenvalue weighted by atomic mass is 19.4. The van der Waals surface area contributed by atoms with E-state index in [2.05, 4.69) is 28.1 Å². The molecule has 4 atom stereocenters. The van der Waals surface area contributed by atoms with Gasteiger partial charge >= 0.3 is 11.9 Å². The second-order valence-corrected chi connectivity index (χ2v) is 11.3. The Morgan fingerprint density at radius 2 is 2.03 bits per heavy atom. The molecule has 0 bridgehead atoms. The molecule has 36 heavy (non-hydrogen) atoms. The Hall–Kier alpha value is -1.92. The number of rotatable bonds is 5. The number of nitrogens with zero attached hydrogens (tertiary/aromatic N) is 3. The summed E-state index contributed by atoms with van der Waals surface area (Å²) in [5.41, 5.74) is 5.99. The molecular weight excluding hydrogens is 473 g/mol. The highest BCUT2D eigenvalue weighted by molar-refractivity contribution is 5.56. The molecule has 4 fully saturated rings. The van der Waals surface area contributed by atoms with E-state index in [9.17, 15) is 18.0 Å². The first-order valence-corrected chi connectivity index (χ1v) is 13.1. The summed E-state index contributed by atoms with van der Waals surface area (Å²) in [6, 6.07) is 1.14. The van der Waals surface area contributed by atoms with Crippen molar-refractivity contribution in [2.24, 2.45) is 11.3 Å². The van der Waals surface area contributed by atoms with Crippen LogP contribution in [0, 0.1) is 11.3 Å². The maximum atomic E-state index is 14.1. The van der Waals surface area contributed by atoms with E-state index in [4.69, 9.17) is 4.74 Å². The Bertz CT molecular complexity index is 1170. The van der Waals surface area contributed by atoms with Crippen LogP contribution in [0.1, 0.15) is 61.6 Å². The molecule has 0 aromatic carbocycles. The fraction of sp³-hybridized carbons (Fsp3) is 0.720. The lowest BCUT2D eigenvalue weighted by Gasteiger charge is -2.51. The van der Waals surface area contributed by atoms with Gasteiger partial charge in [0.25, 0.3) is 0 Å². The quantitative estimate of drug-likeness (QED) is 0.577. The topological polar surface area (TPSA) is 75.0 Å². The van der Waals surface area contributed by atoms with Crippen molar-refractivity contribution in [2.45, 2.75) is 62.8 Å². The van der Waals surface area contributed by atoms with Gasteiger partial charge in [-0.05, 0) is 69.2 Å². The predicted octanol–water partition coefficient (Wildman–Crippen LogP) is 2.66. The van der Waals surface area contributed by atoms with Crippen LogP contribution in [0.5, 0.6) is 0 Å². The van der Waals surface area contributed by atoms with Gasteiger partial charge in [0.05, 0.1) is 37.1 Å². The number of imidazole rings is 1. The zero-order valence-electron chi connectivity index (χ0n) is 20.6. The first kappa shape index (κ1) is 24.4. The smallest absolute Gasteiger partial charge is 0.380 e.